The van der Waals surface area contributed by atoms with Gasteiger partial charge in [0.1, 0.15) is 11.9 Å². The Hall–Kier alpha value is -2.17. The van der Waals surface area contributed by atoms with Crippen LogP contribution in [0, 0.1) is 17.3 Å². The molecule has 0 aliphatic heterocycles. The predicted molar refractivity (Wildman–Crippen MR) is 108 cm³/mol. The molecule has 5 heteroatoms. The van der Waals surface area contributed by atoms with Crippen LogP contribution in [0.3, 0.4) is 0 Å². The van der Waals surface area contributed by atoms with E-state index < -0.39 is 5.97 Å². The Labute approximate surface area is 172 Å². The van der Waals surface area contributed by atoms with Crippen molar-refractivity contribution in [3.63, 3.8) is 0 Å². The molecule has 5 nitrogen and oxygen atoms in total. The van der Waals surface area contributed by atoms with Gasteiger partial charge in [-0.25, -0.2) is 0 Å². The van der Waals surface area contributed by atoms with Crippen LogP contribution < -0.4 is 4.74 Å². The van der Waals surface area contributed by atoms with Crippen molar-refractivity contribution < 1.29 is 23.9 Å². The number of hydrogen-bond acceptors (Lipinski definition) is 5. The lowest BCUT2D eigenvalue weighted by Gasteiger charge is -2.50. The number of rotatable bonds is 3. The van der Waals surface area contributed by atoms with E-state index in [-0.39, 0.29) is 23.3 Å². The SMILES string of the molecule is CC(=O)Oc1cc2c(cc1C(C)=O)[C@@H]1CC[C@@]3(C)[C@H](CC[C@H]3OC(C)=O)[C@@H]1CC2. The second-order valence-electron chi connectivity index (χ2n) is 9.33. The van der Waals surface area contributed by atoms with Crippen molar-refractivity contribution in [2.24, 2.45) is 17.3 Å². The van der Waals surface area contributed by atoms with Crippen LogP contribution in [0.1, 0.15) is 87.2 Å². The molecule has 3 aliphatic rings. The third kappa shape index (κ3) is 3.38. The largest absolute Gasteiger partial charge is 0.462 e. The Bertz CT molecular complexity index is 872. The Morgan fingerprint density at radius 1 is 1.00 bits per heavy atom. The van der Waals surface area contributed by atoms with Gasteiger partial charge in [0.25, 0.3) is 0 Å². The van der Waals surface area contributed by atoms with E-state index in [0.717, 1.165) is 38.5 Å². The van der Waals surface area contributed by atoms with Crippen LogP contribution in [0.5, 0.6) is 5.75 Å². The van der Waals surface area contributed by atoms with Crippen LogP contribution in [0.15, 0.2) is 12.1 Å². The predicted octanol–water partition coefficient (Wildman–Crippen LogP) is 4.60. The van der Waals surface area contributed by atoms with E-state index >= 15 is 0 Å². The molecule has 0 aromatic heterocycles. The van der Waals surface area contributed by atoms with E-state index in [4.69, 9.17) is 9.47 Å². The molecule has 2 saturated carbocycles. The summed E-state index contributed by atoms with van der Waals surface area (Å²) in [5.74, 6) is 1.21. The summed E-state index contributed by atoms with van der Waals surface area (Å²) >= 11 is 0. The third-order valence-corrected chi connectivity index (χ3v) is 7.68. The maximum Gasteiger partial charge on any atom is 0.308 e. The van der Waals surface area contributed by atoms with Crippen LogP contribution in [-0.4, -0.2) is 23.8 Å². The molecular weight excluding hydrogens is 368 g/mol. The van der Waals surface area contributed by atoms with Crippen molar-refractivity contribution in [2.45, 2.75) is 78.2 Å². The highest BCUT2D eigenvalue weighted by Gasteiger charge is 2.56. The molecule has 0 N–H and O–H groups in total. The summed E-state index contributed by atoms with van der Waals surface area (Å²) < 4.78 is 11.0. The molecule has 156 valence electrons. The molecule has 2 fully saturated rings. The maximum absolute atomic E-state index is 12.2. The Morgan fingerprint density at radius 2 is 1.76 bits per heavy atom. The first-order valence-corrected chi connectivity index (χ1v) is 10.7. The molecular formula is C24H30O5. The van der Waals surface area contributed by atoms with Gasteiger partial charge in [-0.15, -0.1) is 0 Å². The van der Waals surface area contributed by atoms with Gasteiger partial charge in [0, 0.05) is 19.3 Å². The number of hydrogen-bond donors (Lipinski definition) is 0. The fourth-order valence-electron chi connectivity index (χ4n) is 6.46. The van der Waals surface area contributed by atoms with Gasteiger partial charge in [-0.3, -0.25) is 14.4 Å². The number of aryl methyl sites for hydroxylation is 1. The molecule has 0 radical (unpaired) electrons. The molecule has 0 saturated heterocycles. The van der Waals surface area contributed by atoms with Crippen molar-refractivity contribution in [3.05, 3.63) is 28.8 Å². The van der Waals surface area contributed by atoms with Gasteiger partial charge in [0.15, 0.2) is 5.78 Å². The Balaban J connectivity index is 1.67. The van der Waals surface area contributed by atoms with Gasteiger partial charge >= 0.3 is 11.9 Å². The monoisotopic (exact) mass is 398 g/mol. The molecule has 0 unspecified atom stereocenters. The second-order valence-corrected chi connectivity index (χ2v) is 9.33. The highest BCUT2D eigenvalue weighted by Crippen LogP contribution is 2.61. The molecule has 1 aromatic carbocycles. The highest BCUT2D eigenvalue weighted by molar-refractivity contribution is 5.98. The fraction of sp³-hybridized carbons (Fsp3) is 0.625. The van der Waals surface area contributed by atoms with E-state index in [1.165, 1.54) is 31.9 Å². The number of carbonyl (C=O) groups excluding carboxylic acids is 3. The summed E-state index contributed by atoms with van der Waals surface area (Å²) in [6.07, 6.45) is 6.13. The standard InChI is InChI=1S/C24H30O5/c1-13(25)19-12-20-16(11-22(19)28-14(2)26)5-6-18-17(20)9-10-24(4)21(18)7-8-23(24)29-15(3)27/h11-12,17-18,21,23H,5-10H2,1-4H3/t17-,18-,21-,23-,24+/m1/s1. The van der Waals surface area contributed by atoms with Crippen LogP contribution in [0.25, 0.3) is 0 Å². The van der Waals surface area contributed by atoms with Crippen LogP contribution in [0.4, 0.5) is 0 Å². The van der Waals surface area contributed by atoms with Crippen molar-refractivity contribution in [1.82, 2.24) is 0 Å². The molecule has 0 amide bonds. The van der Waals surface area contributed by atoms with Crippen LogP contribution >= 0.6 is 0 Å². The smallest absolute Gasteiger partial charge is 0.308 e. The number of Topliss-reactive ketones (excluding diaryl/α,β-unsaturated/α-hetero) is 1. The number of esters is 2. The van der Waals surface area contributed by atoms with Gasteiger partial charge < -0.3 is 9.47 Å². The van der Waals surface area contributed by atoms with Crippen molar-refractivity contribution in [1.29, 1.82) is 0 Å². The number of carbonyl (C=O) groups is 3. The minimum absolute atomic E-state index is 0.0199. The summed E-state index contributed by atoms with van der Waals surface area (Å²) in [5, 5.41) is 0. The first-order valence-electron chi connectivity index (χ1n) is 10.7. The number of ether oxygens (including phenoxy) is 2. The zero-order chi connectivity index (χ0) is 20.9. The molecule has 0 spiro atoms. The lowest BCUT2D eigenvalue weighted by Crippen LogP contribution is -2.45. The lowest BCUT2D eigenvalue weighted by molar-refractivity contribution is -0.154. The van der Waals surface area contributed by atoms with Gasteiger partial charge in [-0.2, -0.15) is 0 Å². The molecule has 29 heavy (non-hydrogen) atoms. The molecule has 1 aromatic rings. The van der Waals surface area contributed by atoms with Crippen molar-refractivity contribution in [3.8, 4) is 5.75 Å². The third-order valence-electron chi connectivity index (χ3n) is 7.68. The average Bonchev–Trinajstić information content (AvgIpc) is 2.96. The normalized spacial score (nSPS) is 32.6. The van der Waals surface area contributed by atoms with Gasteiger partial charge in [-0.1, -0.05) is 6.92 Å². The Kier molecular flexibility index (Phi) is 5.04. The first-order chi connectivity index (χ1) is 13.7. The summed E-state index contributed by atoms with van der Waals surface area (Å²) in [7, 11) is 0. The minimum atomic E-state index is -0.406. The zero-order valence-corrected chi connectivity index (χ0v) is 17.7. The zero-order valence-electron chi connectivity index (χ0n) is 17.7. The summed E-state index contributed by atoms with van der Waals surface area (Å²) in [4.78, 5) is 35.3. The average molecular weight is 398 g/mol. The lowest BCUT2D eigenvalue weighted by atomic mass is 9.55. The molecule has 5 atom stereocenters. The highest BCUT2D eigenvalue weighted by atomic mass is 16.5. The van der Waals surface area contributed by atoms with E-state index in [0.29, 0.717) is 29.1 Å². The van der Waals surface area contributed by atoms with E-state index in [1.807, 2.05) is 12.1 Å². The van der Waals surface area contributed by atoms with Gasteiger partial charge in [-0.05, 0) is 86.5 Å². The number of ketones is 1. The van der Waals surface area contributed by atoms with E-state index in [1.54, 1.807) is 0 Å². The molecule has 0 heterocycles. The molecule has 0 bridgehead atoms. The summed E-state index contributed by atoms with van der Waals surface area (Å²) in [5.41, 5.74) is 2.99. The van der Waals surface area contributed by atoms with E-state index in [9.17, 15) is 14.4 Å². The van der Waals surface area contributed by atoms with Crippen molar-refractivity contribution >= 4 is 17.7 Å². The summed E-state index contributed by atoms with van der Waals surface area (Å²) in [6.45, 7) is 6.69. The fourth-order valence-corrected chi connectivity index (χ4v) is 6.46. The first kappa shape index (κ1) is 20.1. The number of benzene rings is 1. The topological polar surface area (TPSA) is 69.7 Å². The maximum atomic E-state index is 12.2. The molecule has 4 rings (SSSR count). The summed E-state index contributed by atoms with van der Waals surface area (Å²) in [6, 6.07) is 3.89. The number of fused-ring (bicyclic) bond motifs is 5. The molecule has 3 aliphatic carbocycles. The van der Waals surface area contributed by atoms with E-state index in [2.05, 4.69) is 6.92 Å². The second kappa shape index (κ2) is 7.26. The van der Waals surface area contributed by atoms with Crippen LogP contribution in [0.2, 0.25) is 0 Å². The quantitative estimate of drug-likeness (QED) is 0.423. The Morgan fingerprint density at radius 3 is 2.41 bits per heavy atom. The van der Waals surface area contributed by atoms with Gasteiger partial charge in [0.2, 0.25) is 0 Å². The van der Waals surface area contributed by atoms with Gasteiger partial charge in [0.05, 0.1) is 5.56 Å². The van der Waals surface area contributed by atoms with Crippen LogP contribution in [-0.2, 0) is 20.7 Å². The van der Waals surface area contributed by atoms with Crippen molar-refractivity contribution in [2.75, 3.05) is 0 Å². The minimum Gasteiger partial charge on any atom is -0.462 e.